The van der Waals surface area contributed by atoms with Gasteiger partial charge in [-0.15, -0.1) is 0 Å². The van der Waals surface area contributed by atoms with Crippen LogP contribution in [0.25, 0.3) is 77.7 Å². The number of hydrogen-bond acceptors (Lipinski definition) is 6. The smallest absolute Gasteiger partial charge is 0.113 e. The fraction of sp³-hybridized carbons (Fsp3) is 0.419. The Labute approximate surface area is 414 Å². The van der Waals surface area contributed by atoms with Crippen molar-refractivity contribution in [2.24, 2.45) is 0 Å². The van der Waals surface area contributed by atoms with Gasteiger partial charge in [-0.3, -0.25) is 0 Å². The zero-order valence-corrected chi connectivity index (χ0v) is 42.8. The summed E-state index contributed by atoms with van der Waals surface area (Å²) in [6.45, 7) is 9.28. The number of aromatic nitrogens is 4. The quantitative estimate of drug-likeness (QED) is 0.0600. The minimum atomic E-state index is 0.0291. The molecule has 0 N–H and O–H groups in total. The molecule has 4 nitrogen and oxygen atoms in total. The lowest BCUT2D eigenvalue weighted by Crippen LogP contribution is -2.25. The van der Waals surface area contributed by atoms with Crippen molar-refractivity contribution in [2.45, 2.75) is 167 Å². The summed E-state index contributed by atoms with van der Waals surface area (Å²) in [7, 11) is 0. The zero-order chi connectivity index (χ0) is 46.5. The van der Waals surface area contributed by atoms with Crippen LogP contribution in [0, 0.1) is 0 Å². The van der Waals surface area contributed by atoms with Crippen molar-refractivity contribution >= 4 is 45.5 Å². The average molecular weight is 935 g/mol. The lowest BCUT2D eigenvalue weighted by Gasteiger charge is -2.33. The Bertz CT molecular complexity index is 2780. The predicted octanol–water partition coefficient (Wildman–Crippen LogP) is 19.1. The first-order valence-electron chi connectivity index (χ1n) is 26.6. The van der Waals surface area contributed by atoms with Gasteiger partial charge >= 0.3 is 0 Å². The Morgan fingerprint density at radius 1 is 0.309 bits per heavy atom. The molecule has 0 saturated carbocycles. The normalized spacial score (nSPS) is 14.1. The van der Waals surface area contributed by atoms with Crippen molar-refractivity contribution in [3.8, 4) is 55.6 Å². The van der Waals surface area contributed by atoms with Crippen LogP contribution in [0.1, 0.15) is 178 Å². The molecule has 68 heavy (non-hydrogen) atoms. The Kier molecular flexibility index (Phi) is 14.3. The van der Waals surface area contributed by atoms with E-state index in [1.54, 1.807) is 0 Å². The van der Waals surface area contributed by atoms with Gasteiger partial charge in [0.05, 0.1) is 23.5 Å². The highest BCUT2D eigenvalue weighted by atomic mass is 32.1. The van der Waals surface area contributed by atoms with Crippen LogP contribution >= 0.6 is 23.5 Å². The highest BCUT2D eigenvalue weighted by molar-refractivity contribution is 7.00. The summed E-state index contributed by atoms with van der Waals surface area (Å²) in [5, 5.41) is 0. The van der Waals surface area contributed by atoms with Crippen molar-refractivity contribution in [1.82, 2.24) is 17.5 Å². The van der Waals surface area contributed by atoms with E-state index in [-0.39, 0.29) is 10.8 Å². The molecule has 0 fully saturated rings. The number of fused-ring (bicyclic) bond motifs is 8. The summed E-state index contributed by atoms with van der Waals surface area (Å²) in [5.74, 6) is 0. The Morgan fingerprint density at radius 3 is 0.985 bits per heavy atom. The Morgan fingerprint density at radius 2 is 0.618 bits per heavy atom. The maximum Gasteiger partial charge on any atom is 0.113 e. The maximum atomic E-state index is 5.05. The number of unbranched alkanes of at least 4 members (excludes halogenated alkanes) is 12. The van der Waals surface area contributed by atoms with Crippen molar-refractivity contribution < 1.29 is 0 Å². The van der Waals surface area contributed by atoms with E-state index in [2.05, 4.69) is 137 Å². The van der Waals surface area contributed by atoms with Gasteiger partial charge in [0.2, 0.25) is 0 Å². The monoisotopic (exact) mass is 935 g/mol. The molecule has 0 aliphatic heterocycles. The maximum absolute atomic E-state index is 5.05. The molecule has 0 saturated heterocycles. The SMILES string of the molecule is CCCCCCC1(CCCCCC)c2ccccc2-c2ccc(-c3ccc(-c4ccc(-c5ccc6c(c5)C(CCCCCC)(CCCCCC)c5ccccc5-6)c5nsnc45)c4nsnc34)cc21. The van der Waals surface area contributed by atoms with Gasteiger partial charge in [-0.2, -0.15) is 17.5 Å². The molecule has 2 aliphatic rings. The van der Waals surface area contributed by atoms with E-state index in [1.807, 2.05) is 0 Å². The van der Waals surface area contributed by atoms with Crippen LogP contribution in [0.2, 0.25) is 0 Å². The third kappa shape index (κ3) is 8.46. The molecule has 0 unspecified atom stereocenters. The standard InChI is InChI=1S/C62H70N4S2/c1-5-9-13-21-37-61(38-22-14-10-6-2)53-27-19-17-25-47(53)49-31-29-43(41-55(49)61)45-33-35-51(59-57(45)63-67-65-59)52-36-34-46(58-60(52)66-68-64-58)44-30-32-50-48-26-18-20-28-54(48)62(56(50)42-44,39-23-15-11-7-3)40-24-16-12-8-4/h17-20,25-36,41-42H,5-16,21-24,37-40H2,1-4H3. The Balaban J connectivity index is 1.02. The van der Waals surface area contributed by atoms with Crippen molar-refractivity contribution in [3.05, 3.63) is 131 Å². The van der Waals surface area contributed by atoms with Gasteiger partial charge in [0.1, 0.15) is 22.1 Å². The van der Waals surface area contributed by atoms with Crippen LogP contribution in [0.4, 0.5) is 0 Å². The second-order valence-corrected chi connectivity index (χ2v) is 21.3. The third-order valence-electron chi connectivity index (χ3n) is 16.1. The van der Waals surface area contributed by atoms with Crippen LogP contribution in [0.3, 0.4) is 0 Å². The minimum Gasteiger partial charge on any atom is -0.172 e. The molecule has 2 heterocycles. The number of rotatable bonds is 23. The second-order valence-electron chi connectivity index (χ2n) is 20.3. The van der Waals surface area contributed by atoms with Crippen LogP contribution < -0.4 is 0 Å². The molecule has 0 radical (unpaired) electrons. The minimum absolute atomic E-state index is 0.0291. The first-order chi connectivity index (χ1) is 33.6. The van der Waals surface area contributed by atoms with E-state index >= 15 is 0 Å². The summed E-state index contributed by atoms with van der Waals surface area (Å²) in [6, 6.07) is 42.3. The fourth-order valence-electron chi connectivity index (χ4n) is 12.6. The van der Waals surface area contributed by atoms with Gasteiger partial charge in [-0.1, -0.05) is 227 Å². The average Bonchev–Trinajstić information content (AvgIpc) is 4.18. The molecule has 0 atom stereocenters. The lowest BCUT2D eigenvalue weighted by atomic mass is 9.70. The van der Waals surface area contributed by atoms with E-state index in [4.69, 9.17) is 17.5 Å². The molecule has 2 aromatic heterocycles. The molecule has 0 amide bonds. The zero-order valence-electron chi connectivity index (χ0n) is 41.1. The molecule has 10 rings (SSSR count). The topological polar surface area (TPSA) is 51.6 Å². The summed E-state index contributed by atoms with van der Waals surface area (Å²) >= 11 is 2.63. The van der Waals surface area contributed by atoms with Crippen molar-refractivity contribution in [1.29, 1.82) is 0 Å². The van der Waals surface area contributed by atoms with Gasteiger partial charge in [0.25, 0.3) is 0 Å². The van der Waals surface area contributed by atoms with Gasteiger partial charge < -0.3 is 0 Å². The fourth-order valence-corrected chi connectivity index (χ4v) is 13.8. The molecule has 6 aromatic carbocycles. The highest BCUT2D eigenvalue weighted by Crippen LogP contribution is 2.57. The van der Waals surface area contributed by atoms with Gasteiger partial charge in [-0.25, -0.2) is 0 Å². The lowest BCUT2D eigenvalue weighted by molar-refractivity contribution is 0.401. The van der Waals surface area contributed by atoms with Crippen molar-refractivity contribution in [2.75, 3.05) is 0 Å². The molecule has 350 valence electrons. The molecule has 6 heteroatoms. The molecule has 0 spiro atoms. The van der Waals surface area contributed by atoms with E-state index in [1.165, 1.54) is 208 Å². The predicted molar refractivity (Wildman–Crippen MR) is 292 cm³/mol. The summed E-state index contributed by atoms with van der Waals surface area (Å²) in [6.07, 6.45) is 25.2. The number of nitrogens with zero attached hydrogens (tertiary/aromatic N) is 4. The molecular formula is C62H70N4S2. The summed E-state index contributed by atoms with van der Waals surface area (Å²) in [4.78, 5) is 0. The summed E-state index contributed by atoms with van der Waals surface area (Å²) in [5.41, 5.74) is 22.5. The van der Waals surface area contributed by atoms with Crippen LogP contribution in [0.15, 0.2) is 109 Å². The molecule has 8 aromatic rings. The second kappa shape index (κ2) is 20.9. The summed E-state index contributed by atoms with van der Waals surface area (Å²) < 4.78 is 20.2. The first kappa shape index (κ1) is 46.7. The van der Waals surface area contributed by atoms with Crippen LogP contribution in [-0.4, -0.2) is 17.5 Å². The molecule has 0 bridgehead atoms. The number of benzene rings is 6. The number of hydrogen-bond donors (Lipinski definition) is 0. The van der Waals surface area contributed by atoms with Gasteiger partial charge in [-0.05, 0) is 93.5 Å². The first-order valence-corrected chi connectivity index (χ1v) is 28.0. The molecular weight excluding hydrogens is 865 g/mol. The van der Waals surface area contributed by atoms with Crippen LogP contribution in [-0.2, 0) is 10.8 Å². The van der Waals surface area contributed by atoms with Crippen LogP contribution in [0.5, 0.6) is 0 Å². The third-order valence-corrected chi connectivity index (χ3v) is 17.2. The van der Waals surface area contributed by atoms with Gasteiger partial charge in [0.15, 0.2) is 0 Å². The van der Waals surface area contributed by atoms with Gasteiger partial charge in [0, 0.05) is 33.1 Å². The largest absolute Gasteiger partial charge is 0.172 e. The van der Waals surface area contributed by atoms with Crippen molar-refractivity contribution in [3.63, 3.8) is 0 Å². The highest BCUT2D eigenvalue weighted by Gasteiger charge is 2.44. The molecule has 2 aliphatic carbocycles. The van der Waals surface area contributed by atoms with E-state index < -0.39 is 0 Å². The van der Waals surface area contributed by atoms with E-state index in [0.717, 1.165) is 44.3 Å². The van der Waals surface area contributed by atoms with E-state index in [0.29, 0.717) is 0 Å². The Hall–Kier alpha value is -5.04. The van der Waals surface area contributed by atoms with E-state index in [9.17, 15) is 0 Å².